The zero-order chi connectivity index (χ0) is 12.1. The normalized spacial score (nSPS) is 17.1. The molecule has 7 heteroatoms. The molecule has 1 aromatic heterocycles. The Morgan fingerprint density at radius 3 is 2.82 bits per heavy atom. The highest BCUT2D eigenvalue weighted by Gasteiger charge is 2.17. The monoisotopic (exact) mass is 275 g/mol. The lowest BCUT2D eigenvalue weighted by atomic mass is 10.2. The van der Waals surface area contributed by atoms with Gasteiger partial charge in [0.15, 0.2) is 5.16 Å². The van der Waals surface area contributed by atoms with Gasteiger partial charge in [0.2, 0.25) is 5.28 Å². The lowest BCUT2D eigenvalue weighted by Gasteiger charge is -2.20. The van der Waals surface area contributed by atoms with Crippen molar-refractivity contribution in [3.05, 3.63) is 5.28 Å². The Kier molecular flexibility index (Phi) is 4.82. The maximum absolute atomic E-state index is 5.82. The molecule has 0 amide bonds. The smallest absolute Gasteiger partial charge is 0.321 e. The second-order valence-corrected chi connectivity index (χ2v) is 5.14. The van der Waals surface area contributed by atoms with Gasteiger partial charge in [0.05, 0.1) is 6.61 Å². The zero-order valence-electron chi connectivity index (χ0n) is 9.56. The third-order valence-electron chi connectivity index (χ3n) is 2.28. The lowest BCUT2D eigenvalue weighted by Crippen LogP contribution is -2.17. The van der Waals surface area contributed by atoms with E-state index in [0.29, 0.717) is 23.0 Å². The number of ether oxygens (including phenoxy) is 2. The fraction of sp³-hybridized carbons (Fsp3) is 0.700. The van der Waals surface area contributed by atoms with Gasteiger partial charge in [-0.3, -0.25) is 0 Å². The van der Waals surface area contributed by atoms with Crippen molar-refractivity contribution in [3.63, 3.8) is 0 Å². The molecule has 0 N–H and O–H groups in total. The van der Waals surface area contributed by atoms with Gasteiger partial charge < -0.3 is 9.47 Å². The van der Waals surface area contributed by atoms with Gasteiger partial charge in [-0.1, -0.05) is 11.8 Å². The summed E-state index contributed by atoms with van der Waals surface area (Å²) in [6.45, 7) is 3.99. The van der Waals surface area contributed by atoms with E-state index in [1.54, 1.807) is 11.8 Å². The molecule has 1 aromatic rings. The zero-order valence-corrected chi connectivity index (χ0v) is 11.1. The Balaban J connectivity index is 2.03. The second-order valence-electron chi connectivity index (χ2n) is 3.53. The number of hydrogen-bond acceptors (Lipinski definition) is 6. The molecule has 2 heterocycles. The third kappa shape index (κ3) is 3.97. The highest BCUT2D eigenvalue weighted by molar-refractivity contribution is 7.99. The van der Waals surface area contributed by atoms with Crippen LogP contribution in [0.3, 0.4) is 0 Å². The molecule has 0 radical (unpaired) electrons. The number of hydrogen-bond donors (Lipinski definition) is 0. The van der Waals surface area contributed by atoms with Crippen LogP contribution in [0.15, 0.2) is 5.16 Å². The highest BCUT2D eigenvalue weighted by Crippen LogP contribution is 2.28. The molecule has 2 rings (SSSR count). The fourth-order valence-electron chi connectivity index (χ4n) is 1.50. The molecule has 0 aliphatic carbocycles. The van der Waals surface area contributed by atoms with Crippen LogP contribution >= 0.6 is 23.4 Å². The Hall–Kier alpha value is -0.590. The first-order chi connectivity index (χ1) is 8.28. The van der Waals surface area contributed by atoms with Gasteiger partial charge in [-0.15, -0.1) is 0 Å². The lowest BCUT2D eigenvalue weighted by molar-refractivity contribution is 0.1000. The summed E-state index contributed by atoms with van der Waals surface area (Å²) in [5, 5.41) is 1.29. The Morgan fingerprint density at radius 1 is 1.35 bits per heavy atom. The Bertz CT molecular complexity index is 375. The largest absolute Gasteiger partial charge is 0.464 e. The van der Waals surface area contributed by atoms with Crippen LogP contribution in [0.1, 0.15) is 19.8 Å². The minimum absolute atomic E-state index is 0.179. The van der Waals surface area contributed by atoms with Crippen molar-refractivity contribution in [1.82, 2.24) is 15.0 Å². The number of nitrogens with zero attached hydrogens (tertiary/aromatic N) is 3. The first kappa shape index (κ1) is 12.9. The SMILES string of the molecule is CCOc1nc(Cl)nc(SC2CCOCC2)n1. The average molecular weight is 276 g/mol. The van der Waals surface area contributed by atoms with Crippen LogP contribution in [-0.2, 0) is 4.74 Å². The standard InChI is InChI=1S/C10H14ClN3O2S/c1-2-16-9-12-8(11)13-10(14-9)17-7-3-5-15-6-4-7/h7H,2-6H2,1H3. The van der Waals surface area contributed by atoms with Crippen LogP contribution < -0.4 is 4.74 Å². The van der Waals surface area contributed by atoms with Crippen molar-refractivity contribution in [3.8, 4) is 6.01 Å². The van der Waals surface area contributed by atoms with Crippen LogP contribution in [0.2, 0.25) is 5.28 Å². The predicted molar refractivity (Wildman–Crippen MR) is 65.7 cm³/mol. The van der Waals surface area contributed by atoms with Crippen molar-refractivity contribution in [2.75, 3.05) is 19.8 Å². The predicted octanol–water partition coefficient (Wildman–Crippen LogP) is 2.19. The van der Waals surface area contributed by atoms with Crippen LogP contribution in [-0.4, -0.2) is 40.0 Å². The first-order valence-electron chi connectivity index (χ1n) is 5.56. The van der Waals surface area contributed by atoms with Crippen LogP contribution in [0.25, 0.3) is 0 Å². The van der Waals surface area contributed by atoms with Crippen molar-refractivity contribution >= 4 is 23.4 Å². The summed E-state index contributed by atoms with van der Waals surface area (Å²) < 4.78 is 10.5. The molecular weight excluding hydrogens is 262 g/mol. The first-order valence-corrected chi connectivity index (χ1v) is 6.82. The summed E-state index contributed by atoms with van der Waals surface area (Å²) in [6, 6.07) is 0.294. The molecule has 1 aliphatic heterocycles. The summed E-state index contributed by atoms with van der Waals surface area (Å²) >= 11 is 7.44. The highest BCUT2D eigenvalue weighted by atomic mass is 35.5. The molecule has 94 valence electrons. The van der Waals surface area contributed by atoms with E-state index in [1.807, 2.05) is 6.92 Å². The fourth-order valence-corrected chi connectivity index (χ4v) is 2.70. The van der Waals surface area contributed by atoms with Gasteiger partial charge in [-0.05, 0) is 31.4 Å². The molecular formula is C10H14ClN3O2S. The number of rotatable bonds is 4. The summed E-state index contributed by atoms with van der Waals surface area (Å²) in [6.07, 6.45) is 2.02. The van der Waals surface area contributed by atoms with Crippen molar-refractivity contribution in [2.24, 2.45) is 0 Å². The molecule has 0 aromatic carbocycles. The maximum atomic E-state index is 5.82. The van der Waals surface area contributed by atoms with E-state index in [1.165, 1.54) is 0 Å². The van der Waals surface area contributed by atoms with E-state index in [4.69, 9.17) is 21.1 Å². The van der Waals surface area contributed by atoms with Gasteiger partial charge >= 0.3 is 6.01 Å². The molecule has 1 saturated heterocycles. The molecule has 1 fully saturated rings. The van der Waals surface area contributed by atoms with Crippen molar-refractivity contribution < 1.29 is 9.47 Å². The van der Waals surface area contributed by atoms with E-state index in [9.17, 15) is 0 Å². The summed E-state index contributed by atoms with van der Waals surface area (Å²) in [5.74, 6) is 0. The molecule has 5 nitrogen and oxygen atoms in total. The minimum Gasteiger partial charge on any atom is -0.464 e. The molecule has 0 unspecified atom stereocenters. The van der Waals surface area contributed by atoms with E-state index >= 15 is 0 Å². The van der Waals surface area contributed by atoms with Crippen molar-refractivity contribution in [1.29, 1.82) is 0 Å². The van der Waals surface area contributed by atoms with Gasteiger partial charge in [-0.2, -0.15) is 15.0 Å². The van der Waals surface area contributed by atoms with Gasteiger partial charge in [-0.25, -0.2) is 0 Å². The summed E-state index contributed by atoms with van der Waals surface area (Å²) in [5.41, 5.74) is 0. The molecule has 0 spiro atoms. The quantitative estimate of drug-likeness (QED) is 0.840. The molecule has 0 saturated carbocycles. The topological polar surface area (TPSA) is 57.1 Å². The Morgan fingerprint density at radius 2 is 2.12 bits per heavy atom. The number of halogens is 1. The maximum Gasteiger partial charge on any atom is 0.321 e. The number of aromatic nitrogens is 3. The number of thioether (sulfide) groups is 1. The summed E-state index contributed by atoms with van der Waals surface area (Å²) in [4.78, 5) is 12.2. The van der Waals surface area contributed by atoms with Gasteiger partial charge in [0.25, 0.3) is 0 Å². The minimum atomic E-state index is 0.179. The van der Waals surface area contributed by atoms with Gasteiger partial charge in [0, 0.05) is 18.5 Å². The molecule has 17 heavy (non-hydrogen) atoms. The average Bonchev–Trinajstić information content (AvgIpc) is 2.30. The molecule has 1 aliphatic rings. The van der Waals surface area contributed by atoms with E-state index in [-0.39, 0.29) is 5.28 Å². The second kappa shape index (κ2) is 6.37. The summed E-state index contributed by atoms with van der Waals surface area (Å²) in [7, 11) is 0. The molecule has 0 atom stereocenters. The van der Waals surface area contributed by atoms with E-state index in [2.05, 4.69) is 15.0 Å². The third-order valence-corrected chi connectivity index (χ3v) is 3.65. The van der Waals surface area contributed by atoms with Crippen LogP contribution in [0.4, 0.5) is 0 Å². The van der Waals surface area contributed by atoms with Crippen LogP contribution in [0.5, 0.6) is 6.01 Å². The van der Waals surface area contributed by atoms with Crippen molar-refractivity contribution in [2.45, 2.75) is 30.2 Å². The van der Waals surface area contributed by atoms with E-state index in [0.717, 1.165) is 26.1 Å². The Labute approximate surface area is 109 Å². The molecule has 0 bridgehead atoms. The van der Waals surface area contributed by atoms with Crippen LogP contribution in [0, 0.1) is 0 Å². The van der Waals surface area contributed by atoms with E-state index < -0.39 is 0 Å². The van der Waals surface area contributed by atoms with Gasteiger partial charge in [0.1, 0.15) is 0 Å².